The molecule has 20 heavy (non-hydrogen) atoms. The average Bonchev–Trinajstić information content (AvgIpc) is 2.96. The maximum atomic E-state index is 11.0. The van der Waals surface area contributed by atoms with E-state index in [1.165, 1.54) is 41.4 Å². The predicted octanol–water partition coefficient (Wildman–Crippen LogP) is 1.15. The molecule has 0 atom stereocenters. The van der Waals surface area contributed by atoms with E-state index in [0.717, 1.165) is 0 Å². The average molecular weight is 293 g/mol. The molecule has 2 rings (SSSR count). The first-order chi connectivity index (χ1) is 9.70. The molecule has 0 aliphatic carbocycles. The van der Waals surface area contributed by atoms with Gasteiger partial charge in [-0.25, -0.2) is 4.68 Å². The summed E-state index contributed by atoms with van der Waals surface area (Å²) in [5.74, 6) is 0.412. The van der Waals surface area contributed by atoms with Crippen LogP contribution in [-0.4, -0.2) is 43.5 Å². The van der Waals surface area contributed by atoms with E-state index >= 15 is 0 Å². The Bertz CT molecular complexity index is 615. The molecular formula is C11H11N5O3S. The van der Waals surface area contributed by atoms with E-state index < -0.39 is 4.92 Å². The third kappa shape index (κ3) is 3.62. The van der Waals surface area contributed by atoms with E-state index in [1.54, 1.807) is 12.1 Å². The van der Waals surface area contributed by atoms with Gasteiger partial charge in [-0.05, 0) is 6.07 Å². The van der Waals surface area contributed by atoms with E-state index in [4.69, 9.17) is 5.11 Å². The van der Waals surface area contributed by atoms with Crippen LogP contribution in [0.2, 0.25) is 0 Å². The smallest absolute Gasteiger partial charge is 0.283 e. The molecule has 0 amide bonds. The van der Waals surface area contributed by atoms with Crippen LogP contribution in [0.4, 0.5) is 5.69 Å². The lowest BCUT2D eigenvalue weighted by molar-refractivity contribution is -0.387. The Morgan fingerprint density at radius 2 is 2.20 bits per heavy atom. The molecule has 8 nitrogen and oxygen atoms in total. The van der Waals surface area contributed by atoms with Gasteiger partial charge in [0.2, 0.25) is 0 Å². The summed E-state index contributed by atoms with van der Waals surface area (Å²) in [5, 5.41) is 31.0. The topological polar surface area (TPSA) is 106 Å². The molecule has 9 heteroatoms. The Morgan fingerprint density at radius 3 is 2.85 bits per heavy atom. The fourth-order valence-electron chi connectivity index (χ4n) is 1.42. The van der Waals surface area contributed by atoms with Gasteiger partial charge in [-0.3, -0.25) is 10.1 Å². The standard InChI is InChI=1S/C11H11N5O3S/c17-3-4-20-11-2-1-9(5-10(11)16(18)19)6-14-15-7-12-13-8-15/h1-2,5-8,17H,3-4H2/b14-6+. The number of nitro groups is 1. The molecule has 0 aliphatic heterocycles. The highest BCUT2D eigenvalue weighted by Crippen LogP contribution is 2.29. The monoisotopic (exact) mass is 293 g/mol. The van der Waals surface area contributed by atoms with Gasteiger partial charge in [0.05, 0.1) is 22.6 Å². The second kappa shape index (κ2) is 6.78. The number of nitrogens with zero attached hydrogens (tertiary/aromatic N) is 5. The Kier molecular flexibility index (Phi) is 4.80. The van der Waals surface area contributed by atoms with Crippen LogP contribution in [0.25, 0.3) is 0 Å². The Balaban J connectivity index is 2.23. The van der Waals surface area contributed by atoms with Gasteiger partial charge in [0.15, 0.2) is 0 Å². The van der Waals surface area contributed by atoms with Gasteiger partial charge in [-0.1, -0.05) is 6.07 Å². The first kappa shape index (κ1) is 14.2. The van der Waals surface area contributed by atoms with Crippen LogP contribution >= 0.6 is 11.8 Å². The minimum Gasteiger partial charge on any atom is -0.396 e. The molecule has 0 bridgehead atoms. The highest BCUT2D eigenvalue weighted by Gasteiger charge is 2.14. The summed E-state index contributed by atoms with van der Waals surface area (Å²) in [7, 11) is 0. The summed E-state index contributed by atoms with van der Waals surface area (Å²) in [6, 6.07) is 4.81. The van der Waals surface area contributed by atoms with Crippen molar-refractivity contribution in [2.45, 2.75) is 4.90 Å². The molecule has 0 fully saturated rings. The molecule has 1 N–H and O–H groups in total. The van der Waals surface area contributed by atoms with Crippen molar-refractivity contribution in [1.29, 1.82) is 0 Å². The third-order valence-electron chi connectivity index (χ3n) is 2.28. The van der Waals surface area contributed by atoms with Crippen LogP contribution < -0.4 is 0 Å². The van der Waals surface area contributed by atoms with E-state index in [2.05, 4.69) is 15.3 Å². The number of benzene rings is 1. The van der Waals surface area contributed by atoms with Crippen molar-refractivity contribution in [3.63, 3.8) is 0 Å². The van der Waals surface area contributed by atoms with Crippen molar-refractivity contribution < 1.29 is 10.0 Å². The maximum absolute atomic E-state index is 11.0. The number of aliphatic hydroxyl groups excluding tert-OH is 1. The molecule has 2 aromatic rings. The Hall–Kier alpha value is -2.26. The summed E-state index contributed by atoms with van der Waals surface area (Å²) < 4.78 is 1.39. The molecule has 0 spiro atoms. The van der Waals surface area contributed by atoms with Gasteiger partial charge in [0.1, 0.15) is 12.7 Å². The SMILES string of the molecule is O=[N+]([O-])c1cc(/C=N/n2cnnc2)ccc1SCCO. The van der Waals surface area contributed by atoms with E-state index in [-0.39, 0.29) is 12.3 Å². The maximum Gasteiger partial charge on any atom is 0.283 e. The summed E-state index contributed by atoms with van der Waals surface area (Å²) in [4.78, 5) is 11.1. The molecule has 104 valence electrons. The van der Waals surface area contributed by atoms with Crippen molar-refractivity contribution in [3.8, 4) is 0 Å². The summed E-state index contributed by atoms with van der Waals surface area (Å²) >= 11 is 1.24. The molecule has 0 saturated carbocycles. The van der Waals surface area contributed by atoms with Crippen LogP contribution in [0, 0.1) is 10.1 Å². The minimum absolute atomic E-state index is 0.00356. The Labute approximate surface area is 118 Å². The van der Waals surface area contributed by atoms with E-state index in [0.29, 0.717) is 16.2 Å². The van der Waals surface area contributed by atoms with Gasteiger partial charge in [-0.15, -0.1) is 22.0 Å². The molecule has 1 heterocycles. The van der Waals surface area contributed by atoms with Crippen LogP contribution in [0.15, 0.2) is 40.9 Å². The number of aromatic nitrogens is 3. The van der Waals surface area contributed by atoms with E-state index in [9.17, 15) is 10.1 Å². The molecule has 0 unspecified atom stereocenters. The molecular weight excluding hydrogens is 282 g/mol. The number of hydrogen-bond acceptors (Lipinski definition) is 7. The van der Waals surface area contributed by atoms with Gasteiger partial charge >= 0.3 is 0 Å². The summed E-state index contributed by atoms with van der Waals surface area (Å²) in [6.45, 7) is -0.0291. The number of rotatable bonds is 6. The fourth-order valence-corrected chi connectivity index (χ4v) is 2.18. The third-order valence-corrected chi connectivity index (χ3v) is 3.32. The lowest BCUT2D eigenvalue weighted by Gasteiger charge is -2.02. The predicted molar refractivity (Wildman–Crippen MR) is 73.9 cm³/mol. The molecule has 0 aliphatic rings. The van der Waals surface area contributed by atoms with Crippen molar-refractivity contribution in [2.24, 2.45) is 5.10 Å². The van der Waals surface area contributed by atoms with Gasteiger partial charge < -0.3 is 5.11 Å². The van der Waals surface area contributed by atoms with Gasteiger partial charge in [0, 0.05) is 17.4 Å². The molecule has 1 aromatic heterocycles. The number of aliphatic hydroxyl groups is 1. The second-order valence-electron chi connectivity index (χ2n) is 3.64. The Morgan fingerprint density at radius 1 is 1.45 bits per heavy atom. The quantitative estimate of drug-likeness (QED) is 0.370. The van der Waals surface area contributed by atoms with Crippen molar-refractivity contribution >= 4 is 23.7 Å². The lowest BCUT2D eigenvalue weighted by Crippen LogP contribution is -1.95. The summed E-state index contributed by atoms with van der Waals surface area (Å²) in [5.41, 5.74) is 0.593. The highest BCUT2D eigenvalue weighted by molar-refractivity contribution is 7.99. The van der Waals surface area contributed by atoms with Crippen molar-refractivity contribution in [2.75, 3.05) is 12.4 Å². The first-order valence-corrected chi connectivity index (χ1v) is 6.60. The number of hydrogen-bond donors (Lipinski definition) is 1. The van der Waals surface area contributed by atoms with Crippen LogP contribution in [-0.2, 0) is 0 Å². The number of nitro benzene ring substituents is 1. The normalized spacial score (nSPS) is 11.1. The minimum atomic E-state index is -0.449. The van der Waals surface area contributed by atoms with Crippen molar-refractivity contribution in [1.82, 2.24) is 14.9 Å². The van der Waals surface area contributed by atoms with Gasteiger partial charge in [-0.2, -0.15) is 5.10 Å². The van der Waals surface area contributed by atoms with Crippen LogP contribution in [0.1, 0.15) is 5.56 Å². The molecule has 1 aromatic carbocycles. The highest BCUT2D eigenvalue weighted by atomic mass is 32.2. The zero-order valence-corrected chi connectivity index (χ0v) is 11.1. The largest absolute Gasteiger partial charge is 0.396 e. The zero-order valence-electron chi connectivity index (χ0n) is 10.3. The lowest BCUT2D eigenvalue weighted by atomic mass is 10.2. The zero-order chi connectivity index (χ0) is 14.4. The molecule has 0 radical (unpaired) electrons. The van der Waals surface area contributed by atoms with Crippen molar-refractivity contribution in [3.05, 3.63) is 46.5 Å². The number of thioether (sulfide) groups is 1. The van der Waals surface area contributed by atoms with Crippen LogP contribution in [0.3, 0.4) is 0 Å². The first-order valence-electron chi connectivity index (χ1n) is 5.62. The van der Waals surface area contributed by atoms with Gasteiger partial charge in [0.25, 0.3) is 5.69 Å². The van der Waals surface area contributed by atoms with E-state index in [1.807, 2.05) is 0 Å². The summed E-state index contributed by atoms with van der Waals surface area (Å²) in [6.07, 6.45) is 4.31. The fraction of sp³-hybridized carbons (Fsp3) is 0.182. The second-order valence-corrected chi connectivity index (χ2v) is 4.78. The molecule has 0 saturated heterocycles. The van der Waals surface area contributed by atoms with Crippen LogP contribution in [0.5, 0.6) is 0 Å².